The van der Waals surface area contributed by atoms with Gasteiger partial charge < -0.3 is 10.1 Å². The number of aromatic hydroxyl groups is 1. The van der Waals surface area contributed by atoms with Gasteiger partial charge in [0, 0.05) is 17.3 Å². The number of H-pyrrole nitrogens is 1. The second-order valence-corrected chi connectivity index (χ2v) is 3.76. The predicted octanol–water partition coefficient (Wildman–Crippen LogP) is 3.54. The summed E-state index contributed by atoms with van der Waals surface area (Å²) >= 11 is 0. The van der Waals surface area contributed by atoms with Crippen molar-refractivity contribution in [3.05, 3.63) is 54.7 Å². The number of rotatable bonds is 1. The number of fused-ring (bicyclic) bond motifs is 1. The van der Waals surface area contributed by atoms with Crippen LogP contribution in [0.2, 0.25) is 0 Å². The lowest BCUT2D eigenvalue weighted by molar-refractivity contribution is 0.477. The average Bonchev–Trinajstić information content (AvgIpc) is 2.77. The highest BCUT2D eigenvalue weighted by Crippen LogP contribution is 2.33. The number of aromatic nitrogens is 1. The van der Waals surface area contributed by atoms with Crippen molar-refractivity contribution in [2.24, 2.45) is 0 Å². The second-order valence-electron chi connectivity index (χ2n) is 3.76. The molecule has 2 nitrogen and oxygen atoms in total. The molecule has 0 saturated carbocycles. The Balaban J connectivity index is 2.34. The molecule has 1 aromatic heterocycles. The van der Waals surface area contributed by atoms with Gasteiger partial charge in [0.1, 0.15) is 5.75 Å². The third-order valence-corrected chi connectivity index (χ3v) is 2.78. The summed E-state index contributed by atoms with van der Waals surface area (Å²) in [7, 11) is 0. The van der Waals surface area contributed by atoms with Crippen LogP contribution in [0.25, 0.3) is 22.0 Å². The zero-order chi connectivity index (χ0) is 11.0. The van der Waals surface area contributed by atoms with E-state index in [1.165, 1.54) is 0 Å². The first-order chi connectivity index (χ1) is 7.86. The lowest BCUT2D eigenvalue weighted by Gasteiger charge is -2.05. The van der Waals surface area contributed by atoms with E-state index in [4.69, 9.17) is 0 Å². The van der Waals surface area contributed by atoms with Gasteiger partial charge in [-0.05, 0) is 17.5 Å². The molecule has 0 unspecified atom stereocenters. The molecule has 78 valence electrons. The van der Waals surface area contributed by atoms with Crippen molar-refractivity contribution in [1.82, 2.24) is 4.98 Å². The van der Waals surface area contributed by atoms with Gasteiger partial charge in [0.05, 0.1) is 5.52 Å². The van der Waals surface area contributed by atoms with Crippen LogP contribution in [0.15, 0.2) is 54.7 Å². The smallest absolute Gasteiger partial charge is 0.123 e. The van der Waals surface area contributed by atoms with Crippen molar-refractivity contribution in [2.45, 2.75) is 0 Å². The molecule has 3 rings (SSSR count). The molecule has 2 aromatic carbocycles. The van der Waals surface area contributed by atoms with Gasteiger partial charge >= 0.3 is 0 Å². The lowest BCUT2D eigenvalue weighted by Crippen LogP contribution is -1.80. The molecule has 0 radical (unpaired) electrons. The summed E-state index contributed by atoms with van der Waals surface area (Å²) < 4.78 is 0. The Morgan fingerprint density at radius 2 is 1.62 bits per heavy atom. The molecule has 0 aliphatic carbocycles. The summed E-state index contributed by atoms with van der Waals surface area (Å²) in [5.41, 5.74) is 2.94. The van der Waals surface area contributed by atoms with E-state index in [1.807, 2.05) is 42.6 Å². The third-order valence-electron chi connectivity index (χ3n) is 2.78. The van der Waals surface area contributed by atoms with Gasteiger partial charge in [-0.2, -0.15) is 0 Å². The first-order valence-electron chi connectivity index (χ1n) is 5.21. The van der Waals surface area contributed by atoms with E-state index in [1.54, 1.807) is 6.07 Å². The first kappa shape index (κ1) is 9.04. The summed E-state index contributed by atoms with van der Waals surface area (Å²) in [5, 5.41) is 11.0. The lowest BCUT2D eigenvalue weighted by atomic mass is 10.0. The van der Waals surface area contributed by atoms with Crippen LogP contribution in [0.5, 0.6) is 5.75 Å². The minimum Gasteiger partial charge on any atom is -0.507 e. The number of phenolic OH excluding ortho intramolecular Hbond substituents is 1. The Bertz CT molecular complexity index is 640. The standard InChI is InChI=1S/C14H11NO/c16-13-7-2-1-5-11(13)12-6-3-4-10-8-9-15-14(10)12/h1-9,15-16H. The Labute approximate surface area is 93.2 Å². The highest BCUT2D eigenvalue weighted by molar-refractivity contribution is 5.95. The van der Waals surface area contributed by atoms with Crippen LogP contribution in [0, 0.1) is 0 Å². The number of benzene rings is 2. The molecule has 0 aliphatic rings. The normalized spacial score (nSPS) is 10.8. The zero-order valence-corrected chi connectivity index (χ0v) is 8.64. The SMILES string of the molecule is Oc1ccccc1-c1cccc2cc[nH]c12. The number of hydrogen-bond acceptors (Lipinski definition) is 1. The minimum absolute atomic E-state index is 0.310. The third kappa shape index (κ3) is 1.27. The summed E-state index contributed by atoms with van der Waals surface area (Å²) in [4.78, 5) is 3.20. The van der Waals surface area contributed by atoms with Gasteiger partial charge in [0.25, 0.3) is 0 Å². The Morgan fingerprint density at radius 1 is 0.812 bits per heavy atom. The summed E-state index contributed by atoms with van der Waals surface area (Å²) in [5.74, 6) is 0.310. The van der Waals surface area contributed by atoms with E-state index >= 15 is 0 Å². The Hall–Kier alpha value is -2.22. The first-order valence-corrected chi connectivity index (χ1v) is 5.21. The molecule has 2 heteroatoms. The molecule has 2 N–H and O–H groups in total. The number of aromatic amines is 1. The molecular formula is C14H11NO. The van der Waals surface area contributed by atoms with E-state index in [-0.39, 0.29) is 0 Å². The van der Waals surface area contributed by atoms with Crippen LogP contribution in [0.4, 0.5) is 0 Å². The average molecular weight is 209 g/mol. The van der Waals surface area contributed by atoms with Crippen molar-refractivity contribution in [3.8, 4) is 16.9 Å². The molecule has 1 heterocycles. The highest BCUT2D eigenvalue weighted by atomic mass is 16.3. The summed E-state index contributed by atoms with van der Waals surface area (Å²) in [6, 6.07) is 15.5. The molecule has 0 fully saturated rings. The van der Waals surface area contributed by atoms with Crippen LogP contribution in [0.3, 0.4) is 0 Å². The van der Waals surface area contributed by atoms with Crippen molar-refractivity contribution in [1.29, 1.82) is 0 Å². The van der Waals surface area contributed by atoms with Gasteiger partial charge in [0.15, 0.2) is 0 Å². The zero-order valence-electron chi connectivity index (χ0n) is 8.64. The van der Waals surface area contributed by atoms with E-state index in [0.29, 0.717) is 5.75 Å². The van der Waals surface area contributed by atoms with Gasteiger partial charge in [-0.15, -0.1) is 0 Å². The number of hydrogen-bond donors (Lipinski definition) is 2. The number of para-hydroxylation sites is 2. The summed E-state index contributed by atoms with van der Waals surface area (Å²) in [6.45, 7) is 0. The molecule has 0 bridgehead atoms. The van der Waals surface area contributed by atoms with Crippen LogP contribution in [-0.4, -0.2) is 10.1 Å². The van der Waals surface area contributed by atoms with Gasteiger partial charge in [-0.1, -0.05) is 36.4 Å². The van der Waals surface area contributed by atoms with Crippen LogP contribution < -0.4 is 0 Å². The van der Waals surface area contributed by atoms with E-state index in [9.17, 15) is 5.11 Å². The largest absolute Gasteiger partial charge is 0.507 e. The van der Waals surface area contributed by atoms with Crippen molar-refractivity contribution >= 4 is 10.9 Å². The van der Waals surface area contributed by atoms with Crippen molar-refractivity contribution in [3.63, 3.8) is 0 Å². The van der Waals surface area contributed by atoms with Gasteiger partial charge in [-0.25, -0.2) is 0 Å². The maximum absolute atomic E-state index is 9.85. The van der Waals surface area contributed by atoms with E-state index in [0.717, 1.165) is 22.0 Å². The Kier molecular flexibility index (Phi) is 1.93. The van der Waals surface area contributed by atoms with Crippen LogP contribution >= 0.6 is 0 Å². The van der Waals surface area contributed by atoms with Crippen LogP contribution in [-0.2, 0) is 0 Å². The molecule has 0 atom stereocenters. The van der Waals surface area contributed by atoms with E-state index in [2.05, 4.69) is 11.1 Å². The highest BCUT2D eigenvalue weighted by Gasteiger charge is 2.07. The molecule has 3 aromatic rings. The minimum atomic E-state index is 0.310. The predicted molar refractivity (Wildman–Crippen MR) is 65.4 cm³/mol. The van der Waals surface area contributed by atoms with Crippen LogP contribution in [0.1, 0.15) is 0 Å². The maximum atomic E-state index is 9.85. The molecule has 0 saturated heterocycles. The quantitative estimate of drug-likeness (QED) is 0.631. The van der Waals surface area contributed by atoms with Gasteiger partial charge in [0.2, 0.25) is 0 Å². The number of phenols is 1. The molecular weight excluding hydrogens is 198 g/mol. The molecule has 0 amide bonds. The fourth-order valence-electron chi connectivity index (χ4n) is 2.01. The Morgan fingerprint density at radius 3 is 2.50 bits per heavy atom. The van der Waals surface area contributed by atoms with Crippen molar-refractivity contribution < 1.29 is 5.11 Å². The molecule has 16 heavy (non-hydrogen) atoms. The fraction of sp³-hybridized carbons (Fsp3) is 0. The van der Waals surface area contributed by atoms with Crippen molar-refractivity contribution in [2.75, 3.05) is 0 Å². The monoisotopic (exact) mass is 209 g/mol. The number of nitrogens with one attached hydrogen (secondary N) is 1. The second kappa shape index (κ2) is 3.42. The topological polar surface area (TPSA) is 36.0 Å². The molecule has 0 aliphatic heterocycles. The maximum Gasteiger partial charge on any atom is 0.123 e. The summed E-state index contributed by atoms with van der Waals surface area (Å²) in [6.07, 6.45) is 1.91. The van der Waals surface area contributed by atoms with E-state index < -0.39 is 0 Å². The fourth-order valence-corrected chi connectivity index (χ4v) is 2.01. The molecule has 0 spiro atoms. The van der Waals surface area contributed by atoms with Gasteiger partial charge in [-0.3, -0.25) is 0 Å².